The van der Waals surface area contributed by atoms with E-state index in [1.807, 2.05) is 20.8 Å². The smallest absolute Gasteiger partial charge is 0.261 e. The van der Waals surface area contributed by atoms with Crippen LogP contribution < -0.4 is 10.1 Å². The van der Waals surface area contributed by atoms with Crippen LogP contribution in [0, 0.1) is 18.3 Å². The van der Waals surface area contributed by atoms with Crippen molar-refractivity contribution in [3.8, 4) is 11.8 Å². The second-order valence-corrected chi connectivity index (χ2v) is 8.26. The molecule has 0 fully saturated rings. The average Bonchev–Trinajstić information content (AvgIpc) is 2.84. The lowest BCUT2D eigenvalue weighted by molar-refractivity contribution is 0.102. The molecular formula is C16H16BrN3O2S2. The molecule has 2 aromatic rings. The zero-order chi connectivity index (χ0) is 17.7. The Balaban J connectivity index is 2.20. The highest BCUT2D eigenvalue weighted by atomic mass is 79.9. The summed E-state index contributed by atoms with van der Waals surface area (Å²) in [5.41, 5.74) is 1.26. The first-order valence-corrected chi connectivity index (χ1v) is 9.75. The number of thiazole rings is 1. The third-order valence-electron chi connectivity index (χ3n) is 2.79. The fourth-order valence-electron chi connectivity index (χ4n) is 1.87. The van der Waals surface area contributed by atoms with E-state index in [0.29, 0.717) is 22.2 Å². The number of thioether (sulfide) groups is 1. The largest absolute Gasteiger partial charge is 0.490 e. The van der Waals surface area contributed by atoms with Crippen molar-refractivity contribution in [2.75, 3.05) is 11.1 Å². The molecule has 0 radical (unpaired) electrons. The van der Waals surface area contributed by atoms with E-state index in [2.05, 4.69) is 32.3 Å². The molecule has 1 amide bonds. The lowest BCUT2D eigenvalue weighted by Crippen LogP contribution is -2.15. The number of ether oxygens (including phenoxy) is 1. The number of anilines is 1. The van der Waals surface area contributed by atoms with Crippen LogP contribution in [0.3, 0.4) is 0 Å². The first-order valence-electron chi connectivity index (χ1n) is 7.15. The summed E-state index contributed by atoms with van der Waals surface area (Å²) in [6, 6.07) is 7.36. The van der Waals surface area contributed by atoms with Gasteiger partial charge in [0.25, 0.3) is 5.91 Å². The van der Waals surface area contributed by atoms with Crippen LogP contribution in [0.2, 0.25) is 0 Å². The number of benzene rings is 1. The SMILES string of the molecule is Cc1nc(NC(=O)c2ccc(Br)cc2OC(C)C)sc1SCC#N. The number of halogens is 1. The van der Waals surface area contributed by atoms with E-state index in [1.54, 1.807) is 18.2 Å². The van der Waals surface area contributed by atoms with E-state index in [1.165, 1.54) is 23.1 Å². The molecule has 0 atom stereocenters. The van der Waals surface area contributed by atoms with Crippen LogP contribution >= 0.6 is 39.0 Å². The number of nitrogens with zero attached hydrogens (tertiary/aromatic N) is 2. The van der Waals surface area contributed by atoms with Gasteiger partial charge >= 0.3 is 0 Å². The summed E-state index contributed by atoms with van der Waals surface area (Å²) in [6.45, 7) is 5.68. The van der Waals surface area contributed by atoms with E-state index in [0.717, 1.165) is 14.4 Å². The maximum absolute atomic E-state index is 12.6. The predicted octanol–water partition coefficient (Wildman–Crippen LogP) is 4.87. The molecular weight excluding hydrogens is 410 g/mol. The minimum absolute atomic E-state index is 0.0399. The molecule has 0 unspecified atom stereocenters. The number of aryl methyl sites for hydroxylation is 1. The first-order chi connectivity index (χ1) is 11.4. The van der Waals surface area contributed by atoms with E-state index in [9.17, 15) is 4.79 Å². The number of carbonyl (C=O) groups excluding carboxylic acids is 1. The van der Waals surface area contributed by atoms with Gasteiger partial charge in [0.05, 0.1) is 33.4 Å². The van der Waals surface area contributed by atoms with Gasteiger partial charge in [-0.2, -0.15) is 5.26 Å². The van der Waals surface area contributed by atoms with Gasteiger partial charge in [-0.15, -0.1) is 0 Å². The molecule has 1 aromatic carbocycles. The number of rotatable bonds is 6. The number of nitriles is 1. The fourth-order valence-corrected chi connectivity index (χ4v) is 4.00. The second-order valence-electron chi connectivity index (χ2n) is 5.10. The van der Waals surface area contributed by atoms with E-state index in [4.69, 9.17) is 10.00 Å². The molecule has 0 aliphatic carbocycles. The molecule has 24 heavy (non-hydrogen) atoms. The van der Waals surface area contributed by atoms with Gasteiger partial charge in [0.2, 0.25) is 0 Å². The van der Waals surface area contributed by atoms with Crippen molar-refractivity contribution in [2.45, 2.75) is 31.1 Å². The van der Waals surface area contributed by atoms with Gasteiger partial charge in [0, 0.05) is 4.47 Å². The van der Waals surface area contributed by atoms with E-state index >= 15 is 0 Å². The van der Waals surface area contributed by atoms with Crippen LogP contribution in [0.25, 0.3) is 0 Å². The minimum Gasteiger partial charge on any atom is -0.490 e. The summed E-state index contributed by atoms with van der Waals surface area (Å²) >= 11 is 6.17. The monoisotopic (exact) mass is 425 g/mol. The molecule has 0 aliphatic rings. The summed E-state index contributed by atoms with van der Waals surface area (Å²) in [4.78, 5) is 16.9. The minimum atomic E-state index is -0.274. The molecule has 8 heteroatoms. The van der Waals surface area contributed by atoms with Crippen LogP contribution in [0.1, 0.15) is 29.9 Å². The number of nitrogens with one attached hydrogen (secondary N) is 1. The van der Waals surface area contributed by atoms with Crippen LogP contribution in [-0.4, -0.2) is 22.7 Å². The Labute approximate surface area is 157 Å². The molecule has 1 heterocycles. The maximum atomic E-state index is 12.6. The molecule has 126 valence electrons. The van der Waals surface area contributed by atoms with Gasteiger partial charge < -0.3 is 4.74 Å². The van der Waals surface area contributed by atoms with Crippen LogP contribution in [0.4, 0.5) is 5.13 Å². The summed E-state index contributed by atoms with van der Waals surface area (Å²) in [5.74, 6) is 0.600. The van der Waals surface area contributed by atoms with Gasteiger partial charge in [-0.3, -0.25) is 10.1 Å². The standard InChI is InChI=1S/C16H16BrN3O2S2/c1-9(2)22-13-8-11(17)4-5-12(13)14(21)20-16-19-10(3)15(24-16)23-7-6-18/h4-5,8-9H,7H2,1-3H3,(H,19,20,21). The van der Waals surface area contributed by atoms with Crippen molar-refractivity contribution in [3.05, 3.63) is 33.9 Å². The normalized spacial score (nSPS) is 10.5. The number of carbonyl (C=O) groups is 1. The van der Waals surface area contributed by atoms with E-state index in [-0.39, 0.29) is 12.0 Å². The second kappa shape index (κ2) is 8.51. The van der Waals surface area contributed by atoms with Crippen molar-refractivity contribution in [1.29, 1.82) is 5.26 Å². The number of hydrogen-bond acceptors (Lipinski definition) is 6. The molecule has 1 N–H and O–H groups in total. The Morgan fingerprint density at radius 3 is 2.96 bits per heavy atom. The highest BCUT2D eigenvalue weighted by molar-refractivity contribution is 9.10. The Morgan fingerprint density at radius 2 is 2.29 bits per heavy atom. The number of hydrogen-bond donors (Lipinski definition) is 1. The van der Waals surface area contributed by atoms with Crippen molar-refractivity contribution < 1.29 is 9.53 Å². The topological polar surface area (TPSA) is 75.0 Å². The lowest BCUT2D eigenvalue weighted by Gasteiger charge is -2.14. The van der Waals surface area contributed by atoms with Gasteiger partial charge in [-0.1, -0.05) is 39.0 Å². The lowest BCUT2D eigenvalue weighted by atomic mass is 10.2. The Morgan fingerprint density at radius 1 is 1.54 bits per heavy atom. The first kappa shape index (κ1) is 18.8. The average molecular weight is 426 g/mol. The Bertz CT molecular complexity index is 784. The molecule has 0 spiro atoms. The highest BCUT2D eigenvalue weighted by Crippen LogP contribution is 2.32. The third kappa shape index (κ3) is 4.97. The molecule has 1 aromatic heterocycles. The van der Waals surface area contributed by atoms with Crippen molar-refractivity contribution in [3.63, 3.8) is 0 Å². The van der Waals surface area contributed by atoms with Crippen molar-refractivity contribution in [2.24, 2.45) is 0 Å². The van der Waals surface area contributed by atoms with Crippen LogP contribution in [0.5, 0.6) is 5.75 Å². The van der Waals surface area contributed by atoms with Crippen LogP contribution in [-0.2, 0) is 0 Å². The van der Waals surface area contributed by atoms with Gasteiger partial charge in [-0.25, -0.2) is 4.98 Å². The quantitative estimate of drug-likeness (QED) is 0.667. The van der Waals surface area contributed by atoms with Crippen molar-refractivity contribution in [1.82, 2.24) is 4.98 Å². The zero-order valence-corrected chi connectivity index (χ0v) is 16.6. The van der Waals surface area contributed by atoms with E-state index < -0.39 is 0 Å². The predicted molar refractivity (Wildman–Crippen MR) is 101 cm³/mol. The molecule has 5 nitrogen and oxygen atoms in total. The summed E-state index contributed by atoms with van der Waals surface area (Å²) < 4.78 is 7.49. The van der Waals surface area contributed by atoms with Gasteiger partial charge in [0.15, 0.2) is 5.13 Å². The third-order valence-corrected chi connectivity index (χ3v) is 5.59. The number of aromatic nitrogens is 1. The highest BCUT2D eigenvalue weighted by Gasteiger charge is 2.17. The molecule has 0 bridgehead atoms. The molecule has 0 saturated heterocycles. The number of amides is 1. The molecule has 0 saturated carbocycles. The molecule has 2 rings (SSSR count). The summed E-state index contributed by atoms with van der Waals surface area (Å²) in [7, 11) is 0. The van der Waals surface area contributed by atoms with Crippen LogP contribution in [0.15, 0.2) is 26.9 Å². The summed E-state index contributed by atoms with van der Waals surface area (Å²) in [6.07, 6.45) is -0.0399. The van der Waals surface area contributed by atoms with Gasteiger partial charge in [0.1, 0.15) is 5.75 Å². The van der Waals surface area contributed by atoms with Crippen molar-refractivity contribution >= 4 is 50.1 Å². The summed E-state index contributed by atoms with van der Waals surface area (Å²) in [5, 5.41) is 12.0. The molecule has 0 aliphatic heterocycles. The Kier molecular flexibility index (Phi) is 6.66. The fraction of sp³-hybridized carbons (Fsp3) is 0.312. The van der Waals surface area contributed by atoms with Gasteiger partial charge in [-0.05, 0) is 39.0 Å². The zero-order valence-electron chi connectivity index (χ0n) is 13.4. The Hall–Kier alpha value is -1.56. The maximum Gasteiger partial charge on any atom is 0.261 e.